The third-order valence-corrected chi connectivity index (χ3v) is 3.09. The summed E-state index contributed by atoms with van der Waals surface area (Å²) in [6.45, 7) is 0. The number of hydrogen-bond donors (Lipinski definition) is 0. The maximum atomic E-state index is 3.40. The Hall–Kier alpha value is -0.440. The Kier molecular flexibility index (Phi) is 2.71. The molecule has 0 aliphatic heterocycles. The second-order valence-corrected chi connectivity index (χ2v) is 4.23. The van der Waals surface area contributed by atoms with Crippen molar-refractivity contribution in [1.29, 1.82) is 0 Å². The minimum absolute atomic E-state index is 0.808. The van der Waals surface area contributed by atoms with Crippen LogP contribution in [-0.4, -0.2) is 0 Å². The molecule has 0 bridgehead atoms. The van der Waals surface area contributed by atoms with Crippen molar-refractivity contribution in [1.82, 2.24) is 0 Å². The van der Waals surface area contributed by atoms with Gasteiger partial charge in [0, 0.05) is 12.3 Å². The SMILES string of the molecule is C1#C[C@@H]2C[C@H]2CCCCCCC1. The predicted octanol–water partition coefficient (Wildman–Crippen LogP) is 3.37. The van der Waals surface area contributed by atoms with E-state index in [9.17, 15) is 0 Å². The topological polar surface area (TPSA) is 0 Å². The van der Waals surface area contributed by atoms with E-state index in [-0.39, 0.29) is 0 Å². The second kappa shape index (κ2) is 3.99. The van der Waals surface area contributed by atoms with Gasteiger partial charge in [0.1, 0.15) is 0 Å². The lowest BCUT2D eigenvalue weighted by atomic mass is 10.1. The molecule has 0 aromatic carbocycles. The van der Waals surface area contributed by atoms with Gasteiger partial charge in [0.25, 0.3) is 0 Å². The fraction of sp³-hybridized carbons (Fsp3) is 0.833. The van der Waals surface area contributed by atoms with Gasteiger partial charge in [0.15, 0.2) is 0 Å². The van der Waals surface area contributed by atoms with Crippen molar-refractivity contribution < 1.29 is 0 Å². The Balaban J connectivity index is 1.81. The summed E-state index contributed by atoms with van der Waals surface area (Å²) in [7, 11) is 0. The van der Waals surface area contributed by atoms with E-state index in [0.717, 1.165) is 18.3 Å². The van der Waals surface area contributed by atoms with Crippen molar-refractivity contribution in [3.8, 4) is 11.8 Å². The van der Waals surface area contributed by atoms with E-state index in [1.807, 2.05) is 0 Å². The molecule has 2 atom stereocenters. The third-order valence-electron chi connectivity index (χ3n) is 3.09. The van der Waals surface area contributed by atoms with Crippen LogP contribution in [0.15, 0.2) is 0 Å². The molecule has 0 spiro atoms. The first kappa shape index (κ1) is 8.17. The zero-order valence-corrected chi connectivity index (χ0v) is 7.81. The molecule has 0 N–H and O–H groups in total. The first-order valence-corrected chi connectivity index (χ1v) is 5.45. The van der Waals surface area contributed by atoms with Crippen molar-refractivity contribution in [3.63, 3.8) is 0 Å². The van der Waals surface area contributed by atoms with Crippen molar-refractivity contribution >= 4 is 0 Å². The van der Waals surface area contributed by atoms with Gasteiger partial charge >= 0.3 is 0 Å². The zero-order valence-electron chi connectivity index (χ0n) is 7.81. The molecule has 12 heavy (non-hydrogen) atoms. The van der Waals surface area contributed by atoms with E-state index < -0.39 is 0 Å². The summed E-state index contributed by atoms with van der Waals surface area (Å²) in [5.74, 6) is 8.53. The van der Waals surface area contributed by atoms with Crippen LogP contribution in [0.25, 0.3) is 0 Å². The molecule has 2 rings (SSSR count). The van der Waals surface area contributed by atoms with Gasteiger partial charge in [-0.3, -0.25) is 0 Å². The first-order chi connectivity index (χ1) is 5.97. The molecule has 0 heterocycles. The molecule has 0 amide bonds. The van der Waals surface area contributed by atoms with Gasteiger partial charge in [-0.15, -0.1) is 5.92 Å². The van der Waals surface area contributed by atoms with Crippen LogP contribution in [0.2, 0.25) is 0 Å². The molecule has 0 nitrogen and oxygen atoms in total. The van der Waals surface area contributed by atoms with Crippen molar-refractivity contribution in [2.24, 2.45) is 11.8 Å². The van der Waals surface area contributed by atoms with Crippen LogP contribution in [0.1, 0.15) is 51.4 Å². The highest BCUT2D eigenvalue weighted by Crippen LogP contribution is 2.42. The monoisotopic (exact) mass is 162 g/mol. The highest BCUT2D eigenvalue weighted by atomic mass is 14.4. The van der Waals surface area contributed by atoms with E-state index in [1.54, 1.807) is 0 Å². The second-order valence-electron chi connectivity index (χ2n) is 4.23. The fourth-order valence-electron chi connectivity index (χ4n) is 2.10. The van der Waals surface area contributed by atoms with Crippen LogP contribution in [0.4, 0.5) is 0 Å². The van der Waals surface area contributed by atoms with Crippen LogP contribution >= 0.6 is 0 Å². The minimum Gasteiger partial charge on any atom is -0.103 e. The Morgan fingerprint density at radius 1 is 0.917 bits per heavy atom. The van der Waals surface area contributed by atoms with Crippen LogP contribution in [-0.2, 0) is 0 Å². The largest absolute Gasteiger partial charge is 0.103 e. The van der Waals surface area contributed by atoms with E-state index in [4.69, 9.17) is 0 Å². The molecular weight excluding hydrogens is 144 g/mol. The lowest BCUT2D eigenvalue weighted by molar-refractivity contribution is 0.570. The van der Waals surface area contributed by atoms with Crippen molar-refractivity contribution in [3.05, 3.63) is 0 Å². The average molecular weight is 162 g/mol. The molecule has 1 saturated carbocycles. The van der Waals surface area contributed by atoms with Crippen LogP contribution < -0.4 is 0 Å². The number of fused-ring (bicyclic) bond motifs is 1. The highest BCUT2D eigenvalue weighted by molar-refractivity contribution is 5.12. The van der Waals surface area contributed by atoms with Gasteiger partial charge in [-0.25, -0.2) is 0 Å². The molecule has 2 aliphatic rings. The van der Waals surface area contributed by atoms with Gasteiger partial charge in [0.05, 0.1) is 0 Å². The van der Waals surface area contributed by atoms with E-state index in [2.05, 4.69) is 11.8 Å². The van der Waals surface area contributed by atoms with Gasteiger partial charge in [0.2, 0.25) is 0 Å². The Labute approximate surface area is 75.7 Å². The summed E-state index contributed by atoms with van der Waals surface area (Å²) in [6, 6.07) is 0. The molecule has 0 heteroatoms. The maximum Gasteiger partial charge on any atom is 0.0234 e. The third kappa shape index (κ3) is 2.27. The Bertz CT molecular complexity index is 194. The van der Waals surface area contributed by atoms with Gasteiger partial charge in [-0.05, 0) is 25.2 Å². The minimum atomic E-state index is 0.808. The molecule has 0 saturated heterocycles. The smallest absolute Gasteiger partial charge is 0.0234 e. The summed E-state index contributed by atoms with van der Waals surface area (Å²) in [5, 5.41) is 0. The summed E-state index contributed by atoms with van der Waals surface area (Å²) in [5.41, 5.74) is 0. The zero-order chi connectivity index (χ0) is 8.23. The van der Waals surface area contributed by atoms with Crippen molar-refractivity contribution in [2.45, 2.75) is 51.4 Å². The van der Waals surface area contributed by atoms with Gasteiger partial charge in [-0.1, -0.05) is 31.6 Å². The van der Waals surface area contributed by atoms with Gasteiger partial charge < -0.3 is 0 Å². The molecule has 0 unspecified atom stereocenters. The van der Waals surface area contributed by atoms with Crippen LogP contribution in [0, 0.1) is 23.7 Å². The number of rotatable bonds is 0. The maximum absolute atomic E-state index is 3.40. The molecule has 0 radical (unpaired) electrons. The van der Waals surface area contributed by atoms with E-state index in [0.29, 0.717) is 0 Å². The summed E-state index contributed by atoms with van der Waals surface area (Å²) >= 11 is 0. The normalized spacial score (nSPS) is 35.3. The van der Waals surface area contributed by atoms with Crippen LogP contribution in [0.3, 0.4) is 0 Å². The standard InChI is InChI=1S/C12H18/c1-2-4-6-8-11-10-12(11)9-7-5-3-1/h11-12H,1-6,8,10H2/t11-,12-/m1/s1. The molecular formula is C12H18. The summed E-state index contributed by atoms with van der Waals surface area (Å²) in [6.07, 6.45) is 11.1. The predicted molar refractivity (Wildman–Crippen MR) is 51.7 cm³/mol. The van der Waals surface area contributed by atoms with Crippen LogP contribution in [0.5, 0.6) is 0 Å². The molecule has 66 valence electrons. The fourth-order valence-corrected chi connectivity index (χ4v) is 2.10. The Morgan fingerprint density at radius 3 is 2.75 bits per heavy atom. The summed E-state index contributed by atoms with van der Waals surface area (Å²) in [4.78, 5) is 0. The quantitative estimate of drug-likeness (QED) is 0.479. The van der Waals surface area contributed by atoms with E-state index in [1.165, 1.54) is 44.9 Å². The summed E-state index contributed by atoms with van der Waals surface area (Å²) < 4.78 is 0. The van der Waals surface area contributed by atoms with Gasteiger partial charge in [-0.2, -0.15) is 0 Å². The molecule has 0 aromatic rings. The Morgan fingerprint density at radius 2 is 1.75 bits per heavy atom. The van der Waals surface area contributed by atoms with Crippen molar-refractivity contribution in [2.75, 3.05) is 0 Å². The average Bonchev–Trinajstić information content (AvgIpc) is 2.78. The molecule has 1 fully saturated rings. The lowest BCUT2D eigenvalue weighted by Crippen LogP contribution is -1.81. The first-order valence-electron chi connectivity index (χ1n) is 5.45. The lowest BCUT2D eigenvalue weighted by Gasteiger charge is -1.98. The number of hydrogen-bond acceptors (Lipinski definition) is 0. The molecule has 0 aromatic heterocycles. The highest BCUT2D eigenvalue weighted by Gasteiger charge is 2.34. The van der Waals surface area contributed by atoms with E-state index >= 15 is 0 Å². The molecule has 2 aliphatic carbocycles.